The van der Waals surface area contributed by atoms with E-state index in [1.807, 2.05) is 20.9 Å². The van der Waals surface area contributed by atoms with Crippen molar-refractivity contribution in [3.63, 3.8) is 0 Å². The second-order valence-electron chi connectivity index (χ2n) is 9.45. The number of carbonyl (C=O) groups is 1. The van der Waals surface area contributed by atoms with Gasteiger partial charge in [-0.3, -0.25) is 9.69 Å². The molecule has 3 rings (SSSR count). The molecule has 0 saturated carbocycles. The lowest BCUT2D eigenvalue weighted by molar-refractivity contribution is 0.0325. The second-order valence-corrected chi connectivity index (χ2v) is 9.45. The zero-order chi connectivity index (χ0) is 24.9. The fourth-order valence-electron chi connectivity index (χ4n) is 3.71. The molecule has 0 fully saturated rings. The lowest BCUT2D eigenvalue weighted by Gasteiger charge is -2.37. The predicted molar refractivity (Wildman–Crippen MR) is 127 cm³/mol. The smallest absolute Gasteiger partial charge is 0.259 e. The van der Waals surface area contributed by atoms with Crippen LogP contribution >= 0.6 is 0 Å². The summed E-state index contributed by atoms with van der Waals surface area (Å²) < 4.78 is 6.30. The van der Waals surface area contributed by atoms with Crippen molar-refractivity contribution in [3.8, 4) is 17.7 Å². The van der Waals surface area contributed by atoms with Crippen molar-refractivity contribution in [2.45, 2.75) is 52.0 Å². The van der Waals surface area contributed by atoms with E-state index in [2.05, 4.69) is 31.7 Å². The molecule has 0 aromatic carbocycles. The predicted octanol–water partition coefficient (Wildman–Crippen LogP) is 1.35. The maximum Gasteiger partial charge on any atom is 0.259 e. The van der Waals surface area contributed by atoms with Crippen LogP contribution in [0, 0.1) is 17.8 Å². The number of aliphatic hydroxyl groups is 2. The summed E-state index contributed by atoms with van der Waals surface area (Å²) in [7, 11) is 1.99. The Morgan fingerprint density at radius 3 is 2.68 bits per heavy atom. The first kappa shape index (κ1) is 25.6. The molecule has 9 nitrogen and oxygen atoms in total. The van der Waals surface area contributed by atoms with Crippen molar-refractivity contribution in [1.29, 1.82) is 0 Å². The Kier molecular flexibility index (Phi) is 8.20. The van der Waals surface area contributed by atoms with Gasteiger partial charge in [0.15, 0.2) is 0 Å². The van der Waals surface area contributed by atoms with Gasteiger partial charge in [-0.05, 0) is 33.9 Å². The number of nitrogens with zero attached hydrogens (tertiary/aromatic N) is 5. The Labute approximate surface area is 200 Å². The maximum absolute atomic E-state index is 13.4. The number of pyridine rings is 1. The zero-order valence-electron chi connectivity index (χ0n) is 20.4. The first-order chi connectivity index (χ1) is 16.1. The molecule has 3 heterocycles. The first-order valence-corrected chi connectivity index (χ1v) is 11.3. The van der Waals surface area contributed by atoms with E-state index in [4.69, 9.17) is 4.74 Å². The molecule has 2 aromatic heterocycles. The van der Waals surface area contributed by atoms with Gasteiger partial charge in [0.2, 0.25) is 5.88 Å². The Balaban J connectivity index is 1.92. The Morgan fingerprint density at radius 2 is 2.03 bits per heavy atom. The lowest BCUT2D eigenvalue weighted by atomic mass is 9.99. The molecule has 1 aliphatic rings. The summed E-state index contributed by atoms with van der Waals surface area (Å²) in [6.45, 7) is 8.53. The average Bonchev–Trinajstić information content (AvgIpc) is 2.79. The third-order valence-corrected chi connectivity index (χ3v) is 5.59. The Bertz CT molecular complexity index is 1040. The molecule has 0 spiro atoms. The molecule has 1 amide bonds. The van der Waals surface area contributed by atoms with Crippen molar-refractivity contribution in [2.24, 2.45) is 5.92 Å². The first-order valence-electron chi connectivity index (χ1n) is 11.3. The van der Waals surface area contributed by atoms with Gasteiger partial charge in [-0.25, -0.2) is 15.0 Å². The van der Waals surface area contributed by atoms with E-state index in [0.29, 0.717) is 30.8 Å². The Hall–Kier alpha value is -3.06. The van der Waals surface area contributed by atoms with Gasteiger partial charge >= 0.3 is 0 Å². The second kappa shape index (κ2) is 10.9. The number of likely N-dealkylation sites (N-methyl/N-ethyl adjacent to an activating group) is 1. The largest absolute Gasteiger partial charge is 0.472 e. The van der Waals surface area contributed by atoms with Crippen molar-refractivity contribution >= 4 is 5.91 Å². The minimum Gasteiger partial charge on any atom is -0.472 e. The standard InChI is InChI=1S/C25H33N5O4/c1-17-12-30(18(2)15-31)24(32)21-8-19(6-7-25(3,4)33)11-28-23(21)34-22(17)14-29(5)13-20-9-26-16-27-10-20/h8-11,16-18,22,31,33H,12-15H2,1-5H3/t17-,18-,22+/m1/s1. The maximum atomic E-state index is 13.4. The monoisotopic (exact) mass is 467 g/mol. The summed E-state index contributed by atoms with van der Waals surface area (Å²) in [4.78, 5) is 29.8. The number of carbonyl (C=O) groups excluding carboxylic acids is 1. The van der Waals surface area contributed by atoms with Crippen molar-refractivity contribution in [3.05, 3.63) is 47.7 Å². The van der Waals surface area contributed by atoms with Crippen LogP contribution in [-0.2, 0) is 6.54 Å². The summed E-state index contributed by atoms with van der Waals surface area (Å²) in [5.41, 5.74) is 0.610. The molecule has 0 unspecified atom stereocenters. The van der Waals surface area contributed by atoms with Gasteiger partial charge in [0.05, 0.1) is 12.6 Å². The van der Waals surface area contributed by atoms with Gasteiger partial charge in [0.25, 0.3) is 5.91 Å². The fourth-order valence-corrected chi connectivity index (χ4v) is 3.71. The number of aromatic nitrogens is 3. The molecule has 34 heavy (non-hydrogen) atoms. The average molecular weight is 468 g/mol. The van der Waals surface area contributed by atoms with Gasteiger partial charge < -0.3 is 19.8 Å². The molecule has 0 bridgehead atoms. The van der Waals surface area contributed by atoms with E-state index >= 15 is 0 Å². The molecule has 0 aliphatic carbocycles. The van der Waals surface area contributed by atoms with Gasteiger partial charge in [-0.2, -0.15) is 0 Å². The Morgan fingerprint density at radius 1 is 1.32 bits per heavy atom. The third kappa shape index (κ3) is 6.73. The highest BCUT2D eigenvalue weighted by Gasteiger charge is 2.34. The van der Waals surface area contributed by atoms with Crippen LogP contribution < -0.4 is 4.74 Å². The SMILES string of the molecule is C[C@@H]1CN([C@H](C)CO)C(=O)c2cc(C#CC(C)(C)O)cnc2O[C@H]1CN(C)Cc1cncnc1. The van der Waals surface area contributed by atoms with Crippen molar-refractivity contribution < 1.29 is 19.7 Å². The van der Waals surface area contributed by atoms with E-state index in [-0.39, 0.29) is 36.5 Å². The minimum atomic E-state index is -1.17. The number of fused-ring (bicyclic) bond motifs is 1. The summed E-state index contributed by atoms with van der Waals surface area (Å²) in [5, 5.41) is 19.7. The van der Waals surface area contributed by atoms with Gasteiger partial charge in [-0.1, -0.05) is 18.8 Å². The number of ether oxygens (including phenoxy) is 1. The number of hydrogen-bond donors (Lipinski definition) is 2. The summed E-state index contributed by atoms with van der Waals surface area (Å²) in [6, 6.07) is 1.27. The number of hydrogen-bond acceptors (Lipinski definition) is 8. The van der Waals surface area contributed by atoms with Crippen LogP contribution in [0.4, 0.5) is 0 Å². The number of aliphatic hydroxyl groups excluding tert-OH is 1. The normalized spacial score (nSPS) is 19.4. The van der Waals surface area contributed by atoms with E-state index in [9.17, 15) is 15.0 Å². The summed E-state index contributed by atoms with van der Waals surface area (Å²) >= 11 is 0. The summed E-state index contributed by atoms with van der Waals surface area (Å²) in [5.74, 6) is 5.57. The van der Waals surface area contributed by atoms with Gasteiger partial charge in [0.1, 0.15) is 23.6 Å². The van der Waals surface area contributed by atoms with Gasteiger partial charge in [0, 0.05) is 55.3 Å². The molecule has 0 saturated heterocycles. The molecule has 9 heteroatoms. The van der Waals surface area contributed by atoms with E-state index in [1.54, 1.807) is 43.4 Å². The minimum absolute atomic E-state index is 0.0166. The molecule has 182 valence electrons. The highest BCUT2D eigenvalue weighted by molar-refractivity contribution is 5.97. The molecule has 2 N–H and O–H groups in total. The quantitative estimate of drug-likeness (QED) is 0.613. The van der Waals surface area contributed by atoms with Crippen molar-refractivity contribution in [1.82, 2.24) is 24.8 Å². The molecule has 1 aliphatic heterocycles. The van der Waals surface area contributed by atoms with Crippen LogP contribution in [0.1, 0.15) is 49.2 Å². The van der Waals surface area contributed by atoms with Gasteiger partial charge in [-0.15, -0.1) is 0 Å². The molecular formula is C25H33N5O4. The van der Waals surface area contributed by atoms with Crippen LogP contribution in [0.15, 0.2) is 31.0 Å². The fraction of sp³-hybridized carbons (Fsp3) is 0.520. The van der Waals surface area contributed by atoms with Crippen LogP contribution in [0.2, 0.25) is 0 Å². The van der Waals surface area contributed by atoms with Crippen molar-refractivity contribution in [2.75, 3.05) is 26.7 Å². The molecular weight excluding hydrogens is 434 g/mol. The highest BCUT2D eigenvalue weighted by Crippen LogP contribution is 2.27. The molecule has 2 aromatic rings. The summed E-state index contributed by atoms with van der Waals surface area (Å²) in [6.07, 6.45) is 6.35. The topological polar surface area (TPSA) is 112 Å². The van der Waals surface area contributed by atoms with Crippen LogP contribution in [0.3, 0.4) is 0 Å². The molecule has 0 radical (unpaired) electrons. The molecule has 3 atom stereocenters. The van der Waals surface area contributed by atoms with E-state index in [1.165, 1.54) is 6.33 Å². The number of amides is 1. The van der Waals surface area contributed by atoms with E-state index < -0.39 is 5.60 Å². The lowest BCUT2D eigenvalue weighted by Crippen LogP contribution is -2.49. The van der Waals surface area contributed by atoms with Crippen LogP contribution in [0.25, 0.3) is 0 Å². The van der Waals surface area contributed by atoms with E-state index in [0.717, 1.165) is 5.56 Å². The third-order valence-electron chi connectivity index (χ3n) is 5.59. The highest BCUT2D eigenvalue weighted by atomic mass is 16.5. The van der Waals surface area contributed by atoms with Crippen LogP contribution in [0.5, 0.6) is 5.88 Å². The zero-order valence-corrected chi connectivity index (χ0v) is 20.4. The van der Waals surface area contributed by atoms with Crippen LogP contribution in [-0.4, -0.2) is 85.4 Å². The number of rotatable bonds is 6.